The van der Waals surface area contributed by atoms with Crippen molar-refractivity contribution in [2.75, 3.05) is 31.1 Å². The van der Waals surface area contributed by atoms with Gasteiger partial charge in [-0.25, -0.2) is 10.2 Å². The number of carbonyl (C=O) groups is 2. The molecule has 10 heteroatoms. The number of nitrogens with zero attached hydrogens (tertiary/aromatic N) is 4. The molecule has 3 amide bonds. The van der Waals surface area contributed by atoms with Gasteiger partial charge in [0.15, 0.2) is 0 Å². The number of anilines is 1. The number of non-ortho nitro benzene ring substituents is 1. The number of primary amides is 1. The number of benzene rings is 1. The lowest BCUT2D eigenvalue weighted by Gasteiger charge is -2.36. The van der Waals surface area contributed by atoms with Gasteiger partial charge in [-0.05, 0) is 32.8 Å². The van der Waals surface area contributed by atoms with Gasteiger partial charge in [0.25, 0.3) is 5.69 Å². The molecule has 1 aliphatic rings. The largest absolute Gasteiger partial charge is 0.370 e. The highest BCUT2D eigenvalue weighted by Crippen LogP contribution is 2.29. The zero-order valence-electron chi connectivity index (χ0n) is 16.1. The molecule has 1 aromatic carbocycles. The third kappa shape index (κ3) is 5.18. The molecule has 0 bridgehead atoms. The molecule has 1 aromatic rings. The Morgan fingerprint density at radius 1 is 1.43 bits per heavy atom. The molecule has 0 radical (unpaired) electrons. The number of amides is 3. The second-order valence-corrected chi connectivity index (χ2v) is 6.53. The van der Waals surface area contributed by atoms with Crippen LogP contribution in [-0.2, 0) is 4.79 Å². The maximum atomic E-state index is 12.7. The highest BCUT2D eigenvalue weighted by molar-refractivity contribution is 5.90. The van der Waals surface area contributed by atoms with Gasteiger partial charge in [-0.15, -0.1) is 0 Å². The van der Waals surface area contributed by atoms with Crippen molar-refractivity contribution in [3.05, 3.63) is 33.9 Å². The van der Waals surface area contributed by atoms with Crippen LogP contribution in [0.1, 0.15) is 32.3 Å². The Bertz CT molecular complexity index is 762. The molecule has 1 saturated heterocycles. The van der Waals surface area contributed by atoms with Crippen molar-refractivity contribution in [2.24, 2.45) is 16.8 Å². The van der Waals surface area contributed by atoms with Crippen LogP contribution in [0.3, 0.4) is 0 Å². The molecule has 2 rings (SSSR count). The molecule has 0 aliphatic carbocycles. The summed E-state index contributed by atoms with van der Waals surface area (Å²) in [5.74, 6) is -0.000371. The van der Waals surface area contributed by atoms with E-state index in [0.29, 0.717) is 25.2 Å². The number of nitrogens with two attached hydrogens (primary N) is 1. The topological polar surface area (TPSA) is 134 Å². The summed E-state index contributed by atoms with van der Waals surface area (Å²) in [6.45, 7) is 6.50. The van der Waals surface area contributed by atoms with Crippen LogP contribution in [0.25, 0.3) is 0 Å². The molecule has 0 spiro atoms. The molecule has 1 unspecified atom stereocenters. The third-order valence-electron chi connectivity index (χ3n) is 4.79. The number of urea groups is 1. The van der Waals surface area contributed by atoms with Crippen molar-refractivity contribution in [1.29, 1.82) is 0 Å². The van der Waals surface area contributed by atoms with Crippen LogP contribution in [-0.4, -0.2) is 54.2 Å². The summed E-state index contributed by atoms with van der Waals surface area (Å²) < 4.78 is 0. The maximum absolute atomic E-state index is 12.7. The van der Waals surface area contributed by atoms with Gasteiger partial charge in [0.05, 0.1) is 17.1 Å². The number of nitro benzene ring substituents is 1. The first-order valence-electron chi connectivity index (χ1n) is 9.28. The van der Waals surface area contributed by atoms with E-state index in [9.17, 15) is 19.7 Å². The van der Waals surface area contributed by atoms with E-state index in [1.165, 1.54) is 18.3 Å². The average molecular weight is 390 g/mol. The first kappa shape index (κ1) is 21.1. The number of hydrogen-bond donors (Lipinski definition) is 2. The fraction of sp³-hybridized carbons (Fsp3) is 0.500. The number of hydrazone groups is 1. The molecule has 1 aliphatic heterocycles. The van der Waals surface area contributed by atoms with Gasteiger partial charge < -0.3 is 15.5 Å². The van der Waals surface area contributed by atoms with Gasteiger partial charge in [0.1, 0.15) is 0 Å². The van der Waals surface area contributed by atoms with E-state index < -0.39 is 11.0 Å². The Balaban J connectivity index is 2.29. The number of nitro groups is 1. The highest BCUT2D eigenvalue weighted by Gasteiger charge is 2.29. The Labute approximate surface area is 163 Å². The summed E-state index contributed by atoms with van der Waals surface area (Å²) in [5, 5.41) is 14.8. The molecule has 10 nitrogen and oxygen atoms in total. The number of carbonyl (C=O) groups excluding carboxylic acids is 2. The summed E-state index contributed by atoms with van der Waals surface area (Å²) in [6, 6.07) is 3.63. The van der Waals surface area contributed by atoms with Crippen molar-refractivity contribution < 1.29 is 14.5 Å². The molecule has 0 aromatic heterocycles. The summed E-state index contributed by atoms with van der Waals surface area (Å²) in [4.78, 5) is 38.0. The number of hydrogen-bond acceptors (Lipinski definition) is 6. The van der Waals surface area contributed by atoms with E-state index in [2.05, 4.69) is 10.5 Å². The molecule has 3 N–H and O–H groups in total. The molecule has 28 heavy (non-hydrogen) atoms. The lowest BCUT2D eigenvalue weighted by Crippen LogP contribution is -2.45. The van der Waals surface area contributed by atoms with Crippen LogP contribution in [0, 0.1) is 16.0 Å². The normalized spacial score (nSPS) is 16.8. The third-order valence-corrected chi connectivity index (χ3v) is 4.79. The zero-order chi connectivity index (χ0) is 20.7. The van der Waals surface area contributed by atoms with Crippen LogP contribution in [0.4, 0.5) is 16.2 Å². The summed E-state index contributed by atoms with van der Waals surface area (Å²) in [5.41, 5.74) is 8.19. The summed E-state index contributed by atoms with van der Waals surface area (Å²) >= 11 is 0. The first-order chi connectivity index (χ1) is 13.4. The van der Waals surface area contributed by atoms with Crippen LogP contribution < -0.4 is 16.1 Å². The summed E-state index contributed by atoms with van der Waals surface area (Å²) in [7, 11) is 0. The molecule has 1 atom stereocenters. The molecular weight excluding hydrogens is 364 g/mol. The van der Waals surface area contributed by atoms with E-state index >= 15 is 0 Å². The standard InChI is InChI=1S/C18H26N6O4/c1-3-22(4-2)17(25)13-6-5-9-23(12-13)16-8-7-15(24(27)28)10-14(16)11-20-21-18(19)26/h7-8,10-11,13H,3-6,9,12H2,1-2H3,(H3,19,21,26)/b20-11+. The van der Waals surface area contributed by atoms with Crippen molar-refractivity contribution in [3.8, 4) is 0 Å². The lowest BCUT2D eigenvalue weighted by molar-refractivity contribution is -0.384. The smallest absolute Gasteiger partial charge is 0.332 e. The maximum Gasteiger partial charge on any atom is 0.332 e. The minimum absolute atomic E-state index is 0.0861. The van der Waals surface area contributed by atoms with Gasteiger partial charge >= 0.3 is 6.03 Å². The van der Waals surface area contributed by atoms with Crippen LogP contribution in [0.15, 0.2) is 23.3 Å². The molecular formula is C18H26N6O4. The number of rotatable bonds is 7. The minimum atomic E-state index is -0.828. The molecule has 152 valence electrons. The quantitative estimate of drug-likeness (QED) is 0.415. The van der Waals surface area contributed by atoms with Gasteiger partial charge in [-0.3, -0.25) is 14.9 Å². The van der Waals surface area contributed by atoms with Crippen LogP contribution >= 0.6 is 0 Å². The highest BCUT2D eigenvalue weighted by atomic mass is 16.6. The average Bonchev–Trinajstić information content (AvgIpc) is 2.68. The Hall–Kier alpha value is -3.17. The molecule has 1 fully saturated rings. The predicted molar refractivity (Wildman–Crippen MR) is 106 cm³/mol. The monoisotopic (exact) mass is 390 g/mol. The Morgan fingerprint density at radius 2 is 2.14 bits per heavy atom. The van der Waals surface area contributed by atoms with Gasteiger partial charge in [-0.2, -0.15) is 5.10 Å². The zero-order valence-corrected chi connectivity index (χ0v) is 16.1. The molecule has 1 heterocycles. The fourth-order valence-corrected chi connectivity index (χ4v) is 3.40. The van der Waals surface area contributed by atoms with E-state index in [1.807, 2.05) is 23.6 Å². The van der Waals surface area contributed by atoms with Crippen LogP contribution in [0.2, 0.25) is 0 Å². The fourth-order valence-electron chi connectivity index (χ4n) is 3.40. The van der Waals surface area contributed by atoms with E-state index in [1.54, 1.807) is 6.07 Å². The van der Waals surface area contributed by atoms with E-state index in [4.69, 9.17) is 5.73 Å². The van der Waals surface area contributed by atoms with Gasteiger partial charge in [0, 0.05) is 49.6 Å². The Morgan fingerprint density at radius 3 is 2.75 bits per heavy atom. The van der Waals surface area contributed by atoms with E-state index in [-0.39, 0.29) is 17.5 Å². The van der Waals surface area contributed by atoms with Crippen molar-refractivity contribution in [1.82, 2.24) is 10.3 Å². The van der Waals surface area contributed by atoms with Gasteiger partial charge in [-0.1, -0.05) is 0 Å². The number of piperidine rings is 1. The predicted octanol–water partition coefficient (Wildman–Crippen LogP) is 1.68. The lowest BCUT2D eigenvalue weighted by atomic mass is 9.95. The van der Waals surface area contributed by atoms with Crippen molar-refractivity contribution >= 4 is 29.5 Å². The van der Waals surface area contributed by atoms with E-state index in [0.717, 1.165) is 25.1 Å². The summed E-state index contributed by atoms with van der Waals surface area (Å²) in [6.07, 6.45) is 2.97. The SMILES string of the molecule is CCN(CC)C(=O)C1CCCN(c2ccc([N+](=O)[O-])cc2/C=N/NC(N)=O)C1. The van der Waals surface area contributed by atoms with Crippen LogP contribution in [0.5, 0.6) is 0 Å². The van der Waals surface area contributed by atoms with Gasteiger partial charge in [0.2, 0.25) is 5.91 Å². The second kappa shape index (κ2) is 9.67. The number of nitrogens with one attached hydrogen (secondary N) is 1. The molecule has 0 saturated carbocycles. The minimum Gasteiger partial charge on any atom is -0.370 e. The van der Waals surface area contributed by atoms with Crippen molar-refractivity contribution in [3.63, 3.8) is 0 Å². The van der Waals surface area contributed by atoms with Crippen molar-refractivity contribution in [2.45, 2.75) is 26.7 Å². The first-order valence-corrected chi connectivity index (χ1v) is 9.28. The Kier molecular flexibility index (Phi) is 7.30. The second-order valence-electron chi connectivity index (χ2n) is 6.53.